The summed E-state index contributed by atoms with van der Waals surface area (Å²) >= 11 is 3.76. The molecule has 2 aromatic rings. The van der Waals surface area contributed by atoms with Crippen LogP contribution in [0.1, 0.15) is 62.6 Å². The third-order valence-electron chi connectivity index (χ3n) is 8.50. The standard InChI is InChI=1S/C29H35BrN2O5/c1-3-36-27(34)18(2)31-26-24(33)16-22-20(25(26)30)15-23-21-11-7-8-12-29(21,22)13-14-32(23)28(35)37-17-19-9-5-4-6-10-19/h4-6,9-10,16,18,21,23,31,33H,3,7-8,11-15,17H2,1-2H3/t18?,21?,23-,29-/m0/s1. The van der Waals surface area contributed by atoms with E-state index in [9.17, 15) is 14.7 Å². The Morgan fingerprint density at radius 2 is 2.00 bits per heavy atom. The number of carbonyl (C=O) groups is 2. The quantitative estimate of drug-likeness (QED) is 0.331. The molecule has 7 nitrogen and oxygen atoms in total. The molecule has 1 saturated carbocycles. The van der Waals surface area contributed by atoms with Crippen LogP contribution in [0.3, 0.4) is 0 Å². The van der Waals surface area contributed by atoms with Crippen LogP contribution in [0.5, 0.6) is 5.75 Å². The largest absolute Gasteiger partial charge is 0.506 e. The number of fused-ring (bicyclic) bond motifs is 1. The Bertz CT molecular complexity index is 1170. The van der Waals surface area contributed by atoms with Gasteiger partial charge in [-0.1, -0.05) is 43.2 Å². The Hall–Kier alpha value is -2.74. The Morgan fingerprint density at radius 1 is 1.22 bits per heavy atom. The fourth-order valence-corrected chi connectivity index (χ4v) is 7.49. The zero-order valence-electron chi connectivity index (χ0n) is 21.5. The summed E-state index contributed by atoms with van der Waals surface area (Å²) in [5.41, 5.74) is 3.67. The lowest BCUT2D eigenvalue weighted by molar-refractivity contribution is -0.143. The van der Waals surface area contributed by atoms with Gasteiger partial charge in [0.15, 0.2) is 0 Å². The molecule has 8 heteroatoms. The molecular formula is C29H35BrN2O5. The van der Waals surface area contributed by atoms with Crippen LogP contribution in [0.25, 0.3) is 0 Å². The molecule has 2 aromatic carbocycles. The summed E-state index contributed by atoms with van der Waals surface area (Å²) in [5, 5.41) is 14.2. The first-order chi connectivity index (χ1) is 17.9. The second-order valence-corrected chi connectivity index (χ2v) is 11.3. The molecule has 37 heavy (non-hydrogen) atoms. The van der Waals surface area contributed by atoms with Crippen molar-refractivity contribution < 1.29 is 24.2 Å². The van der Waals surface area contributed by atoms with E-state index in [1.54, 1.807) is 13.8 Å². The average Bonchev–Trinajstić information content (AvgIpc) is 2.91. The number of phenolic OH excluding ortho intramolecular Hbond substituents is 1. The van der Waals surface area contributed by atoms with Crippen molar-refractivity contribution in [2.75, 3.05) is 18.5 Å². The van der Waals surface area contributed by atoms with Crippen molar-refractivity contribution in [3.05, 3.63) is 57.6 Å². The highest BCUT2D eigenvalue weighted by Gasteiger charge is 2.55. The van der Waals surface area contributed by atoms with E-state index in [1.165, 1.54) is 5.56 Å². The van der Waals surface area contributed by atoms with Crippen molar-refractivity contribution in [1.29, 1.82) is 0 Å². The minimum atomic E-state index is -0.617. The van der Waals surface area contributed by atoms with E-state index >= 15 is 0 Å². The van der Waals surface area contributed by atoms with Crippen molar-refractivity contribution in [3.63, 3.8) is 0 Å². The molecule has 0 radical (unpaired) electrons. The summed E-state index contributed by atoms with van der Waals surface area (Å²) in [6, 6.07) is 11.1. The molecule has 5 rings (SSSR count). The average molecular weight is 572 g/mol. The smallest absolute Gasteiger partial charge is 0.410 e. The third-order valence-corrected chi connectivity index (χ3v) is 9.37. The summed E-state index contributed by atoms with van der Waals surface area (Å²) in [4.78, 5) is 27.5. The minimum absolute atomic E-state index is 0.0287. The molecular weight excluding hydrogens is 536 g/mol. The van der Waals surface area contributed by atoms with E-state index in [0.29, 0.717) is 31.2 Å². The summed E-state index contributed by atoms with van der Waals surface area (Å²) in [6.45, 7) is 4.69. The fraction of sp³-hybridized carbons (Fsp3) is 0.517. The number of anilines is 1. The van der Waals surface area contributed by atoms with Crippen LogP contribution >= 0.6 is 15.9 Å². The van der Waals surface area contributed by atoms with Crippen molar-refractivity contribution in [1.82, 2.24) is 4.90 Å². The number of amides is 1. The molecule has 2 fully saturated rings. The number of halogens is 1. The number of rotatable bonds is 6. The van der Waals surface area contributed by atoms with Gasteiger partial charge in [0.2, 0.25) is 0 Å². The molecule has 1 heterocycles. The molecule has 1 saturated heterocycles. The summed E-state index contributed by atoms with van der Waals surface area (Å²) in [7, 11) is 0. The number of benzene rings is 2. The monoisotopic (exact) mass is 570 g/mol. The van der Waals surface area contributed by atoms with Crippen LogP contribution in [0, 0.1) is 5.92 Å². The minimum Gasteiger partial charge on any atom is -0.506 e. The fourth-order valence-electron chi connectivity index (χ4n) is 6.80. The topological polar surface area (TPSA) is 88.1 Å². The highest BCUT2D eigenvalue weighted by Crippen LogP contribution is 2.58. The Balaban J connectivity index is 1.45. The number of nitrogens with one attached hydrogen (secondary N) is 1. The Labute approximate surface area is 226 Å². The number of aromatic hydroxyl groups is 1. The van der Waals surface area contributed by atoms with E-state index in [0.717, 1.165) is 47.7 Å². The molecule has 1 amide bonds. The van der Waals surface area contributed by atoms with Gasteiger partial charge in [0.25, 0.3) is 0 Å². The second-order valence-electron chi connectivity index (χ2n) is 10.5. The number of phenols is 1. The van der Waals surface area contributed by atoms with Gasteiger partial charge < -0.3 is 24.8 Å². The van der Waals surface area contributed by atoms with Crippen LogP contribution in [-0.2, 0) is 32.7 Å². The molecule has 0 aromatic heterocycles. The van der Waals surface area contributed by atoms with E-state index in [4.69, 9.17) is 9.47 Å². The van der Waals surface area contributed by atoms with Crippen LogP contribution in [0.4, 0.5) is 10.5 Å². The lowest BCUT2D eigenvalue weighted by atomic mass is 9.52. The highest BCUT2D eigenvalue weighted by molar-refractivity contribution is 9.10. The van der Waals surface area contributed by atoms with Gasteiger partial charge in [0.1, 0.15) is 18.4 Å². The van der Waals surface area contributed by atoms with Crippen molar-refractivity contribution in [2.24, 2.45) is 5.92 Å². The first-order valence-corrected chi connectivity index (χ1v) is 14.1. The zero-order valence-corrected chi connectivity index (χ0v) is 23.1. The van der Waals surface area contributed by atoms with Gasteiger partial charge in [-0.15, -0.1) is 0 Å². The summed E-state index contributed by atoms with van der Waals surface area (Å²) in [5.74, 6) is 0.0839. The molecule has 4 atom stereocenters. The number of carbonyl (C=O) groups excluding carboxylic acids is 2. The van der Waals surface area contributed by atoms with E-state index in [-0.39, 0.29) is 35.9 Å². The van der Waals surface area contributed by atoms with Crippen molar-refractivity contribution in [2.45, 2.75) is 76.5 Å². The number of nitrogens with zero attached hydrogens (tertiary/aromatic N) is 1. The van der Waals surface area contributed by atoms with Crippen LogP contribution in [-0.4, -0.2) is 47.3 Å². The molecule has 2 N–H and O–H groups in total. The van der Waals surface area contributed by atoms with Crippen molar-refractivity contribution >= 4 is 33.7 Å². The molecule has 3 aliphatic rings. The number of hydrogen-bond acceptors (Lipinski definition) is 6. The molecule has 198 valence electrons. The van der Waals surface area contributed by atoms with Gasteiger partial charge in [0.05, 0.1) is 12.3 Å². The second kappa shape index (κ2) is 10.6. The molecule has 2 aliphatic carbocycles. The third kappa shape index (κ3) is 4.69. The summed E-state index contributed by atoms with van der Waals surface area (Å²) < 4.78 is 11.7. The maximum absolute atomic E-state index is 13.3. The van der Waals surface area contributed by atoms with Crippen molar-refractivity contribution in [3.8, 4) is 5.75 Å². The lowest BCUT2D eigenvalue weighted by Crippen LogP contribution is -2.62. The molecule has 2 bridgehead atoms. The first-order valence-electron chi connectivity index (χ1n) is 13.3. The SMILES string of the molecule is CCOC(=O)C(C)Nc1c(O)cc2c(c1Br)C[C@H]1C3CCCC[C@@]23CCN1C(=O)OCc1ccccc1. The predicted octanol–water partition coefficient (Wildman–Crippen LogP) is 5.91. The number of hydrogen-bond donors (Lipinski definition) is 2. The number of esters is 1. The first kappa shape index (κ1) is 25.9. The summed E-state index contributed by atoms with van der Waals surface area (Å²) in [6.07, 6.45) is 5.65. The Kier molecular flexibility index (Phi) is 7.39. The number of likely N-dealkylation sites (tertiary alicyclic amines) is 1. The normalized spacial score (nSPS) is 24.9. The van der Waals surface area contributed by atoms with Gasteiger partial charge in [-0.2, -0.15) is 0 Å². The van der Waals surface area contributed by atoms with Gasteiger partial charge >= 0.3 is 12.1 Å². The van der Waals surface area contributed by atoms with Gasteiger partial charge in [0, 0.05) is 22.5 Å². The Morgan fingerprint density at radius 3 is 2.76 bits per heavy atom. The van der Waals surface area contributed by atoms with Crippen LogP contribution < -0.4 is 5.32 Å². The number of piperidine rings is 1. The van der Waals surface area contributed by atoms with Crippen LogP contribution in [0.15, 0.2) is 40.9 Å². The molecule has 2 unspecified atom stereocenters. The van der Waals surface area contributed by atoms with Gasteiger partial charge in [-0.25, -0.2) is 9.59 Å². The van der Waals surface area contributed by atoms with Crippen LogP contribution in [0.2, 0.25) is 0 Å². The van der Waals surface area contributed by atoms with E-state index < -0.39 is 6.04 Å². The lowest BCUT2D eigenvalue weighted by Gasteiger charge is -2.58. The van der Waals surface area contributed by atoms with E-state index in [2.05, 4.69) is 21.2 Å². The van der Waals surface area contributed by atoms with Gasteiger partial charge in [-0.3, -0.25) is 0 Å². The molecule has 0 spiro atoms. The van der Waals surface area contributed by atoms with E-state index in [1.807, 2.05) is 41.3 Å². The van der Waals surface area contributed by atoms with Gasteiger partial charge in [-0.05, 0) is 84.1 Å². The highest BCUT2D eigenvalue weighted by atomic mass is 79.9. The maximum atomic E-state index is 13.3. The predicted molar refractivity (Wildman–Crippen MR) is 145 cm³/mol. The molecule has 1 aliphatic heterocycles. The number of ether oxygens (including phenoxy) is 2. The zero-order chi connectivity index (χ0) is 26.2. The maximum Gasteiger partial charge on any atom is 0.410 e.